The molecule has 8 nitrogen and oxygen atoms in total. The van der Waals surface area contributed by atoms with Gasteiger partial charge in [-0.05, 0) is 61.7 Å². The lowest BCUT2D eigenvalue weighted by Gasteiger charge is -2.30. The third-order valence-corrected chi connectivity index (χ3v) is 5.17. The summed E-state index contributed by atoms with van der Waals surface area (Å²) in [6.07, 6.45) is 6.67. The van der Waals surface area contributed by atoms with Crippen LogP contribution in [0.2, 0.25) is 0 Å². The molecule has 4 rings (SSSR count). The van der Waals surface area contributed by atoms with E-state index in [-0.39, 0.29) is 5.91 Å². The van der Waals surface area contributed by atoms with Crippen molar-refractivity contribution in [3.8, 4) is 0 Å². The van der Waals surface area contributed by atoms with E-state index in [0.29, 0.717) is 28.5 Å². The van der Waals surface area contributed by atoms with Gasteiger partial charge in [-0.1, -0.05) is 6.07 Å². The van der Waals surface area contributed by atoms with Gasteiger partial charge >= 0.3 is 0 Å². The molecule has 0 radical (unpaired) electrons. The van der Waals surface area contributed by atoms with E-state index in [1.165, 1.54) is 6.42 Å². The number of amides is 2. The molecule has 0 aliphatic carbocycles. The summed E-state index contributed by atoms with van der Waals surface area (Å²) in [4.78, 5) is 35.2. The molecule has 1 aliphatic rings. The highest BCUT2D eigenvalue weighted by Crippen LogP contribution is 2.30. The molecular formula is C23H24N6O2. The first-order valence-corrected chi connectivity index (χ1v) is 10.2. The van der Waals surface area contributed by atoms with Gasteiger partial charge in [-0.25, -0.2) is 9.97 Å². The van der Waals surface area contributed by atoms with Crippen LogP contribution < -0.4 is 21.3 Å². The molecule has 31 heavy (non-hydrogen) atoms. The molecule has 2 aromatic carbocycles. The van der Waals surface area contributed by atoms with Crippen molar-refractivity contribution in [1.82, 2.24) is 9.97 Å². The predicted octanol–water partition coefficient (Wildman–Crippen LogP) is 3.56. The average molecular weight is 416 g/mol. The standard InChI is InChI=1S/C23H24N6O2/c24-21(30)16-8-9-20(29-12-2-1-3-13-29)19(15-16)28-22(31)17-6-4-7-18(14-17)27-23-25-10-5-11-26-23/h4-11,14-15H,1-3,12-13H2,(H2,24,30)(H,28,31)(H,25,26,27). The first kappa shape index (κ1) is 20.3. The number of anilines is 4. The van der Waals surface area contributed by atoms with Crippen LogP contribution in [0.1, 0.15) is 40.0 Å². The number of primary amides is 1. The van der Waals surface area contributed by atoms with Gasteiger partial charge in [-0.3, -0.25) is 9.59 Å². The van der Waals surface area contributed by atoms with Crippen LogP contribution in [0.3, 0.4) is 0 Å². The Balaban J connectivity index is 1.58. The van der Waals surface area contributed by atoms with Gasteiger partial charge in [0.25, 0.3) is 5.91 Å². The molecule has 0 spiro atoms. The Hall–Kier alpha value is -3.94. The minimum absolute atomic E-state index is 0.280. The van der Waals surface area contributed by atoms with Gasteiger partial charge in [0.1, 0.15) is 0 Å². The normalized spacial score (nSPS) is 13.5. The summed E-state index contributed by atoms with van der Waals surface area (Å²) in [5.74, 6) is -0.367. The molecule has 4 N–H and O–H groups in total. The van der Waals surface area contributed by atoms with Gasteiger partial charge in [0.15, 0.2) is 0 Å². The van der Waals surface area contributed by atoms with Crippen molar-refractivity contribution in [3.05, 3.63) is 72.1 Å². The summed E-state index contributed by atoms with van der Waals surface area (Å²) in [6, 6.07) is 14.0. The third-order valence-electron chi connectivity index (χ3n) is 5.17. The molecule has 1 aliphatic heterocycles. The van der Waals surface area contributed by atoms with Crippen LogP contribution in [0.4, 0.5) is 23.0 Å². The van der Waals surface area contributed by atoms with E-state index in [2.05, 4.69) is 25.5 Å². The second kappa shape index (κ2) is 9.25. The van der Waals surface area contributed by atoms with Crippen LogP contribution in [-0.2, 0) is 0 Å². The maximum atomic E-state index is 13.0. The third kappa shape index (κ3) is 4.98. The largest absolute Gasteiger partial charge is 0.370 e. The van der Waals surface area contributed by atoms with E-state index in [4.69, 9.17) is 5.73 Å². The van der Waals surface area contributed by atoms with Crippen LogP contribution in [0.5, 0.6) is 0 Å². The van der Waals surface area contributed by atoms with Gasteiger partial charge in [0.2, 0.25) is 11.9 Å². The summed E-state index contributed by atoms with van der Waals surface area (Å²) in [5, 5.41) is 6.04. The molecule has 8 heteroatoms. The molecule has 0 saturated carbocycles. The second-order valence-corrected chi connectivity index (χ2v) is 7.38. The van der Waals surface area contributed by atoms with E-state index in [1.807, 2.05) is 12.1 Å². The van der Waals surface area contributed by atoms with Gasteiger partial charge in [0, 0.05) is 42.3 Å². The summed E-state index contributed by atoms with van der Waals surface area (Å²) < 4.78 is 0. The fourth-order valence-electron chi connectivity index (χ4n) is 3.63. The van der Waals surface area contributed by atoms with Gasteiger partial charge in [-0.2, -0.15) is 0 Å². The summed E-state index contributed by atoms with van der Waals surface area (Å²) in [7, 11) is 0. The Labute approximate surface area is 180 Å². The van der Waals surface area contributed by atoms with Crippen molar-refractivity contribution >= 4 is 34.8 Å². The Morgan fingerprint density at radius 1 is 0.903 bits per heavy atom. The monoisotopic (exact) mass is 416 g/mol. The highest BCUT2D eigenvalue weighted by atomic mass is 16.2. The number of nitrogens with two attached hydrogens (primary N) is 1. The highest BCUT2D eigenvalue weighted by Gasteiger charge is 2.18. The van der Waals surface area contributed by atoms with Crippen LogP contribution in [0.15, 0.2) is 60.9 Å². The molecular weight excluding hydrogens is 392 g/mol. The van der Waals surface area contributed by atoms with E-state index in [9.17, 15) is 9.59 Å². The molecule has 158 valence electrons. The fourth-order valence-corrected chi connectivity index (χ4v) is 3.63. The van der Waals surface area contributed by atoms with Gasteiger partial charge < -0.3 is 21.3 Å². The highest BCUT2D eigenvalue weighted by molar-refractivity contribution is 6.07. The fraction of sp³-hybridized carbons (Fsp3) is 0.217. The topological polar surface area (TPSA) is 113 Å². The van der Waals surface area contributed by atoms with Crippen molar-refractivity contribution in [2.24, 2.45) is 5.73 Å². The minimum Gasteiger partial charge on any atom is -0.370 e. The van der Waals surface area contributed by atoms with Crippen molar-refractivity contribution in [1.29, 1.82) is 0 Å². The number of hydrogen-bond acceptors (Lipinski definition) is 6. The lowest BCUT2D eigenvalue weighted by Crippen LogP contribution is -2.30. The first-order chi connectivity index (χ1) is 15.1. The van der Waals surface area contributed by atoms with Gasteiger partial charge in [0.05, 0.1) is 11.4 Å². The smallest absolute Gasteiger partial charge is 0.255 e. The van der Waals surface area contributed by atoms with E-state index in [0.717, 1.165) is 31.6 Å². The Bertz CT molecular complexity index is 1080. The lowest BCUT2D eigenvalue weighted by molar-refractivity contribution is 0.0996. The lowest BCUT2D eigenvalue weighted by atomic mass is 10.1. The Morgan fingerprint density at radius 3 is 2.42 bits per heavy atom. The predicted molar refractivity (Wildman–Crippen MR) is 121 cm³/mol. The molecule has 1 fully saturated rings. The zero-order valence-corrected chi connectivity index (χ0v) is 17.0. The van der Waals surface area contributed by atoms with Crippen molar-refractivity contribution in [2.75, 3.05) is 28.6 Å². The number of rotatable bonds is 6. The van der Waals surface area contributed by atoms with E-state index in [1.54, 1.807) is 48.8 Å². The maximum Gasteiger partial charge on any atom is 0.255 e. The first-order valence-electron chi connectivity index (χ1n) is 10.2. The molecule has 0 atom stereocenters. The molecule has 0 unspecified atom stereocenters. The number of nitrogens with zero attached hydrogens (tertiary/aromatic N) is 3. The Kier molecular flexibility index (Phi) is 6.07. The van der Waals surface area contributed by atoms with Crippen molar-refractivity contribution in [2.45, 2.75) is 19.3 Å². The van der Waals surface area contributed by atoms with Crippen LogP contribution in [-0.4, -0.2) is 34.9 Å². The van der Waals surface area contributed by atoms with Crippen molar-refractivity contribution < 1.29 is 9.59 Å². The number of hydrogen-bond donors (Lipinski definition) is 3. The van der Waals surface area contributed by atoms with E-state index < -0.39 is 5.91 Å². The van der Waals surface area contributed by atoms with Crippen molar-refractivity contribution in [3.63, 3.8) is 0 Å². The minimum atomic E-state index is -0.533. The maximum absolute atomic E-state index is 13.0. The van der Waals surface area contributed by atoms with E-state index >= 15 is 0 Å². The Morgan fingerprint density at radius 2 is 1.68 bits per heavy atom. The quantitative estimate of drug-likeness (QED) is 0.566. The van der Waals surface area contributed by atoms with Crippen LogP contribution in [0, 0.1) is 0 Å². The number of benzene rings is 2. The van der Waals surface area contributed by atoms with Crippen LogP contribution >= 0.6 is 0 Å². The zero-order chi connectivity index (χ0) is 21.6. The summed E-state index contributed by atoms with van der Waals surface area (Å²) in [5.41, 5.74) is 8.45. The molecule has 0 bridgehead atoms. The average Bonchev–Trinajstić information content (AvgIpc) is 2.80. The molecule has 3 aromatic rings. The second-order valence-electron chi connectivity index (χ2n) is 7.38. The number of nitrogens with one attached hydrogen (secondary N) is 2. The molecule has 2 heterocycles. The zero-order valence-electron chi connectivity index (χ0n) is 17.0. The van der Waals surface area contributed by atoms with Crippen LogP contribution in [0.25, 0.3) is 0 Å². The summed E-state index contributed by atoms with van der Waals surface area (Å²) >= 11 is 0. The van der Waals surface area contributed by atoms with Gasteiger partial charge in [-0.15, -0.1) is 0 Å². The number of aromatic nitrogens is 2. The molecule has 2 amide bonds. The number of carbonyl (C=O) groups excluding carboxylic acids is 2. The number of piperidine rings is 1. The molecule has 1 aromatic heterocycles. The SMILES string of the molecule is NC(=O)c1ccc(N2CCCCC2)c(NC(=O)c2cccc(Nc3ncccn3)c2)c1. The molecule has 1 saturated heterocycles. The summed E-state index contributed by atoms with van der Waals surface area (Å²) in [6.45, 7) is 1.82. The number of carbonyl (C=O) groups is 2.